The number of aromatic nitrogens is 5. The van der Waals surface area contributed by atoms with Crippen molar-refractivity contribution in [2.24, 2.45) is 5.92 Å². The van der Waals surface area contributed by atoms with Crippen LogP contribution in [0.4, 0.5) is 4.39 Å². The van der Waals surface area contributed by atoms with Gasteiger partial charge in [-0.1, -0.05) is 123 Å². The second-order valence-corrected chi connectivity index (χ2v) is 22.6. The summed E-state index contributed by atoms with van der Waals surface area (Å²) in [6.45, 7) is 12.0. The number of halogens is 1. The van der Waals surface area contributed by atoms with E-state index in [-0.39, 0.29) is 41.3 Å². The number of fused-ring (bicyclic) bond motifs is 1. The third-order valence-electron chi connectivity index (χ3n) is 11.6. The number of thiophene rings is 1. The number of carbonyl (C=O) groups is 2. The SMILES string of the molecule is COc1ccc(F)cc1[C@H](Cn1c(=O)n(C(C)(C)C(=O)O[Si](c2ccccc2)(c2ccccc2)C(C)(C)C)c(=O)c2c(C)c(-n3nccn3)sc21)OCC(C)C(=O)OCc1ccccc1. The molecule has 3 heterocycles. The molecule has 16 heteroatoms. The Balaban J connectivity index is 1.37. The lowest BCUT2D eigenvalue weighted by atomic mass is 10.1. The summed E-state index contributed by atoms with van der Waals surface area (Å²) in [5.74, 6) is -2.45. The maximum atomic E-state index is 15.4. The van der Waals surface area contributed by atoms with Crippen molar-refractivity contribution in [2.75, 3.05) is 13.7 Å². The Morgan fingerprint density at radius 1 is 0.846 bits per heavy atom. The van der Waals surface area contributed by atoms with Crippen LogP contribution < -0.4 is 26.4 Å². The van der Waals surface area contributed by atoms with Gasteiger partial charge in [0.2, 0.25) is 0 Å². The number of carbonyl (C=O) groups excluding carboxylic acids is 2. The van der Waals surface area contributed by atoms with Crippen molar-refractivity contribution in [2.45, 2.75) is 78.3 Å². The standard InChI is InChI=1S/C49H52FN5O8SSi/c1-32(45(57)62-31-34-18-12-9-13-19-34)30-61-40(38-28-35(50)24-25-39(38)60-8)29-53-44-41(33(2)43(64-44)55-51-26-27-52-55)42(56)54(47(53)59)49(6,7)46(58)63-65(48(3,4)5,36-20-14-10-15-21-36)37-22-16-11-17-23-37/h9-28,32,40H,29-31H2,1-8H3/t32?,40-/m0/s1. The normalized spacial score (nSPS) is 13.1. The zero-order valence-electron chi connectivity index (χ0n) is 37.6. The number of methoxy groups -OCH3 is 1. The lowest BCUT2D eigenvalue weighted by molar-refractivity contribution is -0.152. The number of hydrogen-bond donors (Lipinski definition) is 0. The van der Waals surface area contributed by atoms with Crippen LogP contribution in [0.2, 0.25) is 5.04 Å². The summed E-state index contributed by atoms with van der Waals surface area (Å²) in [5.41, 5.74) is -1.98. The maximum Gasteiger partial charge on any atom is 0.333 e. The highest BCUT2D eigenvalue weighted by atomic mass is 32.1. The molecule has 338 valence electrons. The van der Waals surface area contributed by atoms with Gasteiger partial charge in [-0.2, -0.15) is 10.2 Å². The molecule has 0 radical (unpaired) electrons. The molecule has 0 aliphatic carbocycles. The van der Waals surface area contributed by atoms with E-state index in [1.807, 2.05) is 112 Å². The lowest BCUT2D eigenvalue weighted by Crippen LogP contribution is -2.69. The first-order valence-corrected chi connectivity index (χ1v) is 23.9. The van der Waals surface area contributed by atoms with E-state index in [0.717, 1.165) is 31.8 Å². The minimum absolute atomic E-state index is 0.0551. The molecule has 0 saturated carbocycles. The van der Waals surface area contributed by atoms with Crippen LogP contribution >= 0.6 is 11.3 Å². The Bertz CT molecular complexity index is 2870. The van der Waals surface area contributed by atoms with Crippen LogP contribution in [-0.2, 0) is 42.2 Å². The van der Waals surface area contributed by atoms with Crippen molar-refractivity contribution in [3.8, 4) is 10.8 Å². The molecular formula is C49H52FN5O8SSi. The largest absolute Gasteiger partial charge is 0.508 e. The van der Waals surface area contributed by atoms with Crippen LogP contribution in [0.1, 0.15) is 64.3 Å². The molecule has 0 spiro atoms. The Labute approximate surface area is 381 Å². The first-order chi connectivity index (χ1) is 31.0. The zero-order valence-corrected chi connectivity index (χ0v) is 39.4. The first kappa shape index (κ1) is 46.5. The number of rotatable bonds is 16. The summed E-state index contributed by atoms with van der Waals surface area (Å²) >= 11 is 1.10. The number of aryl methyl sites for hydroxylation is 1. The fourth-order valence-corrected chi connectivity index (χ4v) is 13.7. The molecule has 2 atom stereocenters. The van der Waals surface area contributed by atoms with Crippen molar-refractivity contribution in [3.63, 3.8) is 0 Å². The van der Waals surface area contributed by atoms with Gasteiger partial charge < -0.3 is 18.6 Å². The molecule has 7 rings (SSSR count). The Morgan fingerprint density at radius 3 is 2.00 bits per heavy atom. The molecule has 0 aliphatic rings. The van der Waals surface area contributed by atoms with Crippen molar-refractivity contribution >= 4 is 52.2 Å². The van der Waals surface area contributed by atoms with E-state index in [1.165, 1.54) is 60.9 Å². The highest BCUT2D eigenvalue weighted by Gasteiger charge is 2.55. The number of benzene rings is 4. The number of ether oxygens (including phenoxy) is 3. The molecule has 0 N–H and O–H groups in total. The molecule has 0 fully saturated rings. The van der Waals surface area contributed by atoms with Gasteiger partial charge in [-0.25, -0.2) is 13.8 Å². The van der Waals surface area contributed by atoms with E-state index in [9.17, 15) is 4.79 Å². The van der Waals surface area contributed by atoms with Crippen molar-refractivity contribution in [3.05, 3.63) is 165 Å². The van der Waals surface area contributed by atoms with Gasteiger partial charge in [0.15, 0.2) is 0 Å². The molecule has 0 saturated heterocycles. The van der Waals surface area contributed by atoms with Gasteiger partial charge >= 0.3 is 25.9 Å². The number of hydrogen-bond acceptors (Lipinski definition) is 11. The first-order valence-electron chi connectivity index (χ1n) is 21.2. The van der Waals surface area contributed by atoms with Gasteiger partial charge in [-0.15, -0.1) is 4.80 Å². The fourth-order valence-electron chi connectivity index (χ4n) is 8.07. The number of nitrogens with zero attached hydrogens (tertiary/aromatic N) is 5. The van der Waals surface area contributed by atoms with E-state index in [4.69, 9.17) is 18.6 Å². The van der Waals surface area contributed by atoms with Gasteiger partial charge in [0.25, 0.3) is 5.56 Å². The van der Waals surface area contributed by atoms with Gasteiger partial charge in [0.05, 0.1) is 44.0 Å². The molecule has 13 nitrogen and oxygen atoms in total. The Kier molecular flexibility index (Phi) is 13.5. The molecule has 7 aromatic rings. The van der Waals surface area contributed by atoms with Crippen LogP contribution in [-0.4, -0.2) is 58.1 Å². The second kappa shape index (κ2) is 18.9. The average molecular weight is 918 g/mol. The minimum Gasteiger partial charge on any atom is -0.508 e. The Hall–Kier alpha value is -6.49. The summed E-state index contributed by atoms with van der Waals surface area (Å²) < 4.78 is 42.1. The summed E-state index contributed by atoms with van der Waals surface area (Å²) in [5, 5.41) is 10.2. The molecule has 0 bridgehead atoms. The average Bonchev–Trinajstić information content (AvgIpc) is 3.95. The topological polar surface area (TPSA) is 146 Å². The molecule has 0 amide bonds. The molecule has 1 unspecified atom stereocenters. The lowest BCUT2D eigenvalue weighted by Gasteiger charge is -2.43. The van der Waals surface area contributed by atoms with Crippen molar-refractivity contribution in [1.29, 1.82) is 0 Å². The summed E-state index contributed by atoms with van der Waals surface area (Å²) in [7, 11) is -2.12. The molecule has 3 aromatic heterocycles. The fraction of sp³-hybridized carbons (Fsp3) is 0.306. The highest BCUT2D eigenvalue weighted by Crippen LogP contribution is 2.39. The van der Waals surface area contributed by atoms with Gasteiger partial charge in [-0.05, 0) is 66.9 Å². The van der Waals surface area contributed by atoms with Crippen LogP contribution in [0, 0.1) is 18.7 Å². The van der Waals surface area contributed by atoms with E-state index >= 15 is 18.8 Å². The zero-order chi connectivity index (χ0) is 46.7. The van der Waals surface area contributed by atoms with Crippen LogP contribution in [0.3, 0.4) is 0 Å². The third kappa shape index (κ3) is 9.10. The highest BCUT2D eigenvalue weighted by molar-refractivity contribution is 7.21. The van der Waals surface area contributed by atoms with Gasteiger partial charge in [0, 0.05) is 11.1 Å². The van der Waals surface area contributed by atoms with Crippen LogP contribution in [0.15, 0.2) is 131 Å². The van der Waals surface area contributed by atoms with E-state index < -0.39 is 59.9 Å². The second-order valence-electron chi connectivity index (χ2n) is 17.4. The van der Waals surface area contributed by atoms with E-state index in [0.29, 0.717) is 10.6 Å². The maximum absolute atomic E-state index is 15.4. The molecular weight excluding hydrogens is 866 g/mol. The van der Waals surface area contributed by atoms with Crippen molar-refractivity contribution < 1.29 is 32.6 Å². The summed E-state index contributed by atoms with van der Waals surface area (Å²) in [6, 6.07) is 32.3. The monoisotopic (exact) mass is 917 g/mol. The number of esters is 1. The van der Waals surface area contributed by atoms with E-state index in [2.05, 4.69) is 10.2 Å². The quantitative estimate of drug-likeness (QED) is 0.0719. The Morgan fingerprint density at radius 2 is 1.43 bits per heavy atom. The molecule has 4 aromatic carbocycles. The predicted molar refractivity (Wildman–Crippen MR) is 250 cm³/mol. The van der Waals surface area contributed by atoms with Gasteiger partial charge in [-0.3, -0.25) is 19.0 Å². The predicted octanol–water partition coefficient (Wildman–Crippen LogP) is 7.24. The van der Waals surface area contributed by atoms with Crippen molar-refractivity contribution in [1.82, 2.24) is 24.1 Å². The van der Waals surface area contributed by atoms with Gasteiger partial charge in [0.1, 0.15) is 39.6 Å². The molecule has 65 heavy (non-hydrogen) atoms. The summed E-state index contributed by atoms with van der Waals surface area (Å²) in [6.07, 6.45) is 1.84. The van der Waals surface area contributed by atoms with E-state index in [1.54, 1.807) is 13.8 Å². The third-order valence-corrected chi connectivity index (χ3v) is 17.7. The molecule has 0 aliphatic heterocycles. The van der Waals surface area contributed by atoms with Crippen LogP contribution in [0.25, 0.3) is 15.2 Å². The van der Waals surface area contributed by atoms with Crippen LogP contribution in [0.5, 0.6) is 5.75 Å². The smallest absolute Gasteiger partial charge is 0.333 e. The minimum atomic E-state index is -3.54. The summed E-state index contributed by atoms with van der Waals surface area (Å²) in [4.78, 5) is 60.5.